The fourth-order valence-electron chi connectivity index (χ4n) is 3.76. The molecule has 0 aliphatic carbocycles. The van der Waals surface area contributed by atoms with Crippen molar-refractivity contribution in [3.05, 3.63) is 78.4 Å². The number of urea groups is 1. The van der Waals surface area contributed by atoms with Crippen LogP contribution >= 0.6 is 0 Å². The Balaban J connectivity index is 1.40. The highest BCUT2D eigenvalue weighted by molar-refractivity contribution is 6.10. The first-order chi connectivity index (χ1) is 15.0. The number of hydrogen-bond acceptors (Lipinski definition) is 4. The lowest BCUT2D eigenvalue weighted by molar-refractivity contribution is -0.134. The first-order valence-electron chi connectivity index (χ1n) is 10.1. The van der Waals surface area contributed by atoms with Crippen LogP contribution in [0.4, 0.5) is 4.79 Å². The molecule has 4 amide bonds. The minimum absolute atomic E-state index is 0.262. The van der Waals surface area contributed by atoms with Crippen molar-refractivity contribution in [2.24, 2.45) is 0 Å². The summed E-state index contributed by atoms with van der Waals surface area (Å²) in [5.74, 6) is -0.177. The molecule has 1 aliphatic heterocycles. The van der Waals surface area contributed by atoms with Gasteiger partial charge in [0.2, 0.25) is 5.91 Å². The number of fused-ring (bicyclic) bond motifs is 1. The minimum Gasteiger partial charge on any atom is -0.492 e. The summed E-state index contributed by atoms with van der Waals surface area (Å²) in [6.45, 7) is 1.86. The van der Waals surface area contributed by atoms with Crippen LogP contribution in [0.25, 0.3) is 10.8 Å². The second-order valence-electron chi connectivity index (χ2n) is 7.48. The lowest BCUT2D eigenvalue weighted by Gasteiger charge is -2.24. The van der Waals surface area contributed by atoms with Crippen molar-refractivity contribution in [1.82, 2.24) is 15.5 Å². The normalized spacial score (nSPS) is 18.2. The molecule has 1 heterocycles. The summed E-state index contributed by atoms with van der Waals surface area (Å²) < 4.78 is 5.53. The fraction of sp³-hybridized carbons (Fsp3) is 0.208. The molecule has 1 saturated heterocycles. The van der Waals surface area contributed by atoms with Crippen LogP contribution in [-0.4, -0.2) is 42.4 Å². The minimum atomic E-state index is -1.24. The predicted octanol–water partition coefficient (Wildman–Crippen LogP) is 2.80. The van der Waals surface area contributed by atoms with Gasteiger partial charge in [-0.1, -0.05) is 60.7 Å². The van der Waals surface area contributed by atoms with E-state index in [1.807, 2.05) is 72.8 Å². The van der Waals surface area contributed by atoms with E-state index in [-0.39, 0.29) is 19.7 Å². The van der Waals surface area contributed by atoms with Gasteiger partial charge in [-0.2, -0.15) is 0 Å². The molecule has 3 aromatic carbocycles. The van der Waals surface area contributed by atoms with Crippen LogP contribution in [0.2, 0.25) is 0 Å². The highest BCUT2D eigenvalue weighted by Gasteiger charge is 2.50. The summed E-state index contributed by atoms with van der Waals surface area (Å²) >= 11 is 0. The number of para-hydroxylation sites is 1. The van der Waals surface area contributed by atoms with Crippen LogP contribution in [0.15, 0.2) is 72.8 Å². The maximum absolute atomic E-state index is 13.2. The molecule has 1 fully saturated rings. The molecule has 31 heavy (non-hydrogen) atoms. The van der Waals surface area contributed by atoms with E-state index in [9.17, 15) is 14.4 Å². The van der Waals surface area contributed by atoms with E-state index in [0.717, 1.165) is 15.7 Å². The van der Waals surface area contributed by atoms with Crippen LogP contribution in [0.5, 0.6) is 5.75 Å². The van der Waals surface area contributed by atoms with E-state index in [2.05, 4.69) is 10.6 Å². The molecule has 1 aliphatic rings. The van der Waals surface area contributed by atoms with Gasteiger partial charge >= 0.3 is 6.03 Å². The molecular weight excluding hydrogens is 394 g/mol. The summed E-state index contributed by atoms with van der Waals surface area (Å²) in [4.78, 5) is 39.0. The summed E-state index contributed by atoms with van der Waals surface area (Å²) in [5, 5.41) is 7.30. The number of ether oxygens (including phenoxy) is 1. The number of rotatable bonds is 7. The van der Waals surface area contributed by atoms with Crippen molar-refractivity contribution in [3.63, 3.8) is 0 Å². The van der Waals surface area contributed by atoms with Crippen molar-refractivity contribution >= 4 is 28.6 Å². The van der Waals surface area contributed by atoms with Gasteiger partial charge in [0.25, 0.3) is 5.91 Å². The molecule has 7 heteroatoms. The van der Waals surface area contributed by atoms with Gasteiger partial charge in [-0.15, -0.1) is 0 Å². The number of nitrogens with zero attached hydrogens (tertiary/aromatic N) is 1. The molecule has 2 N–H and O–H groups in total. The van der Waals surface area contributed by atoms with Gasteiger partial charge in [0.15, 0.2) is 0 Å². The molecule has 7 nitrogen and oxygen atoms in total. The maximum atomic E-state index is 13.2. The van der Waals surface area contributed by atoms with Crippen molar-refractivity contribution in [3.8, 4) is 5.75 Å². The van der Waals surface area contributed by atoms with E-state index in [1.54, 1.807) is 6.92 Å². The zero-order valence-corrected chi connectivity index (χ0v) is 17.1. The summed E-state index contributed by atoms with van der Waals surface area (Å²) in [6, 6.07) is 22.0. The molecule has 0 bridgehead atoms. The Bertz CT molecular complexity index is 1130. The smallest absolute Gasteiger partial charge is 0.325 e. The molecule has 0 radical (unpaired) electrons. The van der Waals surface area contributed by atoms with E-state index >= 15 is 0 Å². The zero-order valence-electron chi connectivity index (χ0n) is 17.1. The molecule has 0 aromatic heterocycles. The number of benzene rings is 3. The third kappa shape index (κ3) is 4.07. The molecule has 158 valence electrons. The molecule has 0 unspecified atom stereocenters. The summed E-state index contributed by atoms with van der Waals surface area (Å²) in [7, 11) is 0. The standard InChI is InChI=1S/C24H23N3O4/c1-24(20-13-7-9-17-8-5-6-12-19(17)20)22(29)27(23(30)26-24)16-21(28)25-14-15-31-18-10-3-2-4-11-18/h2-13H,14-16H2,1H3,(H,25,28)(H,26,30)/t24-/m0/s1. The highest BCUT2D eigenvalue weighted by Crippen LogP contribution is 2.33. The average molecular weight is 417 g/mol. The Kier molecular flexibility index (Phi) is 5.58. The number of nitrogens with one attached hydrogen (secondary N) is 2. The lowest BCUT2D eigenvalue weighted by atomic mass is 9.88. The second-order valence-corrected chi connectivity index (χ2v) is 7.48. The first kappa shape index (κ1) is 20.4. The maximum Gasteiger partial charge on any atom is 0.325 e. The van der Waals surface area contributed by atoms with Gasteiger partial charge in [-0.3, -0.25) is 14.5 Å². The predicted molar refractivity (Wildman–Crippen MR) is 116 cm³/mol. The van der Waals surface area contributed by atoms with Crippen molar-refractivity contribution in [1.29, 1.82) is 0 Å². The van der Waals surface area contributed by atoms with Crippen molar-refractivity contribution in [2.75, 3.05) is 19.7 Å². The number of carbonyl (C=O) groups is 3. The van der Waals surface area contributed by atoms with Gasteiger partial charge in [0, 0.05) is 0 Å². The van der Waals surface area contributed by atoms with Crippen LogP contribution in [-0.2, 0) is 15.1 Å². The van der Waals surface area contributed by atoms with Gasteiger partial charge < -0.3 is 15.4 Å². The third-order valence-corrected chi connectivity index (χ3v) is 5.34. The number of imide groups is 1. The van der Waals surface area contributed by atoms with Crippen LogP contribution in [0, 0.1) is 0 Å². The topological polar surface area (TPSA) is 87.7 Å². The molecule has 0 saturated carbocycles. The number of carbonyl (C=O) groups excluding carboxylic acids is 3. The molecule has 3 aromatic rings. The quantitative estimate of drug-likeness (QED) is 0.457. The lowest BCUT2D eigenvalue weighted by Crippen LogP contribution is -2.43. The first-order valence-corrected chi connectivity index (χ1v) is 10.1. The highest BCUT2D eigenvalue weighted by atomic mass is 16.5. The SMILES string of the molecule is C[C@@]1(c2cccc3ccccc23)NC(=O)N(CC(=O)NCCOc2ccccc2)C1=O. The Morgan fingerprint density at radius 1 is 1.00 bits per heavy atom. The summed E-state index contributed by atoms with van der Waals surface area (Å²) in [5.41, 5.74) is -0.544. The largest absolute Gasteiger partial charge is 0.492 e. The Morgan fingerprint density at radius 3 is 2.52 bits per heavy atom. The Labute approximate surface area is 180 Å². The number of amides is 4. The second kappa shape index (κ2) is 8.47. The van der Waals surface area contributed by atoms with E-state index in [0.29, 0.717) is 11.3 Å². The van der Waals surface area contributed by atoms with E-state index in [1.165, 1.54) is 0 Å². The van der Waals surface area contributed by atoms with E-state index in [4.69, 9.17) is 4.74 Å². The average Bonchev–Trinajstić information content (AvgIpc) is 3.01. The molecule has 4 rings (SSSR count). The van der Waals surface area contributed by atoms with Crippen LogP contribution in [0.1, 0.15) is 12.5 Å². The van der Waals surface area contributed by atoms with Gasteiger partial charge in [0.1, 0.15) is 24.4 Å². The summed E-state index contributed by atoms with van der Waals surface area (Å²) in [6.07, 6.45) is 0. The Morgan fingerprint density at radius 2 is 1.71 bits per heavy atom. The van der Waals surface area contributed by atoms with Crippen molar-refractivity contribution < 1.29 is 19.1 Å². The van der Waals surface area contributed by atoms with Crippen LogP contribution in [0.3, 0.4) is 0 Å². The number of hydrogen-bond donors (Lipinski definition) is 2. The van der Waals surface area contributed by atoms with Crippen LogP contribution < -0.4 is 15.4 Å². The fourth-order valence-corrected chi connectivity index (χ4v) is 3.76. The molecule has 0 spiro atoms. The zero-order chi connectivity index (χ0) is 21.8. The van der Waals surface area contributed by atoms with Gasteiger partial charge in [-0.05, 0) is 35.4 Å². The van der Waals surface area contributed by atoms with Gasteiger partial charge in [0.05, 0.1) is 6.54 Å². The molecule has 1 atom stereocenters. The Hall–Kier alpha value is -3.87. The van der Waals surface area contributed by atoms with Crippen molar-refractivity contribution in [2.45, 2.75) is 12.5 Å². The van der Waals surface area contributed by atoms with Gasteiger partial charge in [-0.25, -0.2) is 4.79 Å². The van der Waals surface area contributed by atoms with E-state index < -0.39 is 23.4 Å². The monoisotopic (exact) mass is 417 g/mol. The third-order valence-electron chi connectivity index (χ3n) is 5.34. The molecular formula is C24H23N3O4.